The summed E-state index contributed by atoms with van der Waals surface area (Å²) >= 11 is 1.71. The summed E-state index contributed by atoms with van der Waals surface area (Å²) in [6.07, 6.45) is 1.59. The minimum Gasteiger partial charge on any atom is -0.340 e. The van der Waals surface area contributed by atoms with Gasteiger partial charge >= 0.3 is 0 Å². The topological polar surface area (TPSA) is 37.4 Å². The van der Waals surface area contributed by atoms with E-state index in [9.17, 15) is 9.59 Å². The van der Waals surface area contributed by atoms with Crippen LogP contribution in [0.5, 0.6) is 0 Å². The summed E-state index contributed by atoms with van der Waals surface area (Å²) in [7, 11) is 0. The zero-order valence-electron chi connectivity index (χ0n) is 16.2. The molecule has 3 aromatic rings. The van der Waals surface area contributed by atoms with E-state index in [0.717, 1.165) is 28.4 Å². The summed E-state index contributed by atoms with van der Waals surface area (Å²) in [4.78, 5) is 29.9. The second-order valence-electron chi connectivity index (χ2n) is 6.85. The van der Waals surface area contributed by atoms with E-state index in [2.05, 4.69) is 30.5 Å². The molecule has 4 heteroatoms. The molecule has 3 nitrogen and oxygen atoms in total. The van der Waals surface area contributed by atoms with E-state index in [1.165, 1.54) is 4.90 Å². The smallest absolute Gasteiger partial charge is 0.170 e. The van der Waals surface area contributed by atoms with Crippen LogP contribution in [-0.4, -0.2) is 18.1 Å². The van der Waals surface area contributed by atoms with Crippen LogP contribution in [0.4, 0.5) is 11.4 Å². The molecule has 4 rings (SSSR count). The van der Waals surface area contributed by atoms with Crippen LogP contribution >= 0.6 is 11.8 Å². The van der Waals surface area contributed by atoms with Gasteiger partial charge in [-0.3, -0.25) is 9.59 Å². The van der Waals surface area contributed by atoms with Crippen molar-refractivity contribution >= 4 is 40.8 Å². The predicted octanol–water partition coefficient (Wildman–Crippen LogP) is 6.41. The monoisotopic (exact) mass is 399 g/mol. The zero-order chi connectivity index (χ0) is 20.4. The van der Waals surface area contributed by atoms with E-state index in [0.29, 0.717) is 11.1 Å². The van der Waals surface area contributed by atoms with Crippen LogP contribution in [-0.2, 0) is 0 Å². The lowest BCUT2D eigenvalue weighted by Gasteiger charge is -2.32. The van der Waals surface area contributed by atoms with E-state index < -0.39 is 0 Å². The van der Waals surface area contributed by atoms with Gasteiger partial charge in [0.05, 0.1) is 17.8 Å². The molecule has 0 aliphatic carbocycles. The molecule has 29 heavy (non-hydrogen) atoms. The minimum atomic E-state index is -0.171. The molecule has 144 valence electrons. The first-order valence-electron chi connectivity index (χ1n) is 9.58. The first-order valence-corrected chi connectivity index (χ1v) is 10.4. The van der Waals surface area contributed by atoms with E-state index >= 15 is 0 Å². The third kappa shape index (κ3) is 3.76. The number of fused-ring (bicyclic) bond motifs is 2. The summed E-state index contributed by atoms with van der Waals surface area (Å²) in [6.45, 7) is 6.61. The molecule has 0 fully saturated rings. The number of hydrogen-bond donors (Lipinski definition) is 0. The van der Waals surface area contributed by atoms with Crippen LogP contribution in [0.1, 0.15) is 39.6 Å². The molecule has 0 atom stereocenters. The standard InChI is InChI=1S/C25H21NO2S/c1-3-17-9-11-18(12-10-17)22(27)16-23(28)19-13-14-25-21(15-19)26(4-2)20-7-5-6-8-24(20)29-25/h3,5-15H,1,4,16H2,2H3. The van der Waals surface area contributed by atoms with E-state index in [4.69, 9.17) is 0 Å². The van der Waals surface area contributed by atoms with Gasteiger partial charge in [-0.25, -0.2) is 0 Å². The lowest BCUT2D eigenvalue weighted by Crippen LogP contribution is -2.20. The highest BCUT2D eigenvalue weighted by Gasteiger charge is 2.23. The lowest BCUT2D eigenvalue weighted by atomic mass is 10.00. The second-order valence-corrected chi connectivity index (χ2v) is 7.93. The number of carbonyl (C=O) groups is 2. The molecular weight excluding hydrogens is 378 g/mol. The van der Waals surface area contributed by atoms with Crippen molar-refractivity contribution in [2.24, 2.45) is 0 Å². The van der Waals surface area contributed by atoms with E-state index in [1.807, 2.05) is 42.5 Å². The van der Waals surface area contributed by atoms with Crippen LogP contribution in [0.2, 0.25) is 0 Å². The Morgan fingerprint density at radius 3 is 2.28 bits per heavy atom. The van der Waals surface area contributed by atoms with Crippen molar-refractivity contribution in [1.82, 2.24) is 0 Å². The summed E-state index contributed by atoms with van der Waals surface area (Å²) < 4.78 is 0. The van der Waals surface area contributed by atoms with Crippen LogP contribution in [0.15, 0.2) is 83.1 Å². The van der Waals surface area contributed by atoms with E-state index in [-0.39, 0.29) is 18.0 Å². The van der Waals surface area contributed by atoms with Crippen molar-refractivity contribution in [3.05, 3.63) is 90.0 Å². The number of rotatable bonds is 6. The summed E-state index contributed by atoms with van der Waals surface area (Å²) in [5.41, 5.74) is 4.22. The Balaban J connectivity index is 1.58. The molecule has 1 aliphatic rings. The number of nitrogens with zero attached hydrogens (tertiary/aromatic N) is 1. The Hall–Kier alpha value is -3.11. The van der Waals surface area contributed by atoms with Gasteiger partial charge in [0.2, 0.25) is 0 Å². The maximum atomic E-state index is 12.8. The molecule has 0 saturated carbocycles. The van der Waals surface area contributed by atoms with Crippen LogP contribution in [0, 0.1) is 0 Å². The fraction of sp³-hybridized carbons (Fsp3) is 0.120. The Labute approximate surface area is 175 Å². The Kier molecular flexibility index (Phi) is 5.36. The number of hydrogen-bond acceptors (Lipinski definition) is 4. The fourth-order valence-corrected chi connectivity index (χ4v) is 4.57. The van der Waals surface area contributed by atoms with Gasteiger partial charge in [-0.05, 0) is 36.8 Å². The number of ketones is 2. The summed E-state index contributed by atoms with van der Waals surface area (Å²) in [5, 5.41) is 0. The molecule has 0 bridgehead atoms. The molecule has 3 aromatic carbocycles. The molecule has 1 heterocycles. The summed E-state index contributed by atoms with van der Waals surface area (Å²) in [5.74, 6) is -0.332. The fourth-order valence-electron chi connectivity index (χ4n) is 3.50. The number of anilines is 2. The van der Waals surface area contributed by atoms with Gasteiger partial charge in [0.1, 0.15) is 0 Å². The molecular formula is C25H21NO2S. The Bertz CT molecular complexity index is 1100. The molecule has 0 N–H and O–H groups in total. The highest BCUT2D eigenvalue weighted by Crippen LogP contribution is 2.48. The second kappa shape index (κ2) is 8.10. The zero-order valence-corrected chi connectivity index (χ0v) is 17.0. The number of carbonyl (C=O) groups excluding carboxylic acids is 2. The molecule has 0 saturated heterocycles. The van der Waals surface area contributed by atoms with Gasteiger partial charge in [0.25, 0.3) is 0 Å². The minimum absolute atomic E-state index is 0.137. The van der Waals surface area contributed by atoms with Crippen molar-refractivity contribution in [3.8, 4) is 0 Å². The maximum absolute atomic E-state index is 12.8. The Morgan fingerprint density at radius 1 is 0.897 bits per heavy atom. The summed E-state index contributed by atoms with van der Waals surface area (Å²) in [6, 6.07) is 21.1. The average Bonchev–Trinajstić information content (AvgIpc) is 2.77. The SMILES string of the molecule is C=Cc1ccc(C(=O)CC(=O)c2ccc3c(c2)N(CC)c2ccccc2S3)cc1. The van der Waals surface area contributed by atoms with Crippen molar-refractivity contribution in [1.29, 1.82) is 0 Å². The maximum Gasteiger partial charge on any atom is 0.170 e. The van der Waals surface area contributed by atoms with Gasteiger partial charge in [0, 0.05) is 27.5 Å². The van der Waals surface area contributed by atoms with Crippen LogP contribution in [0.25, 0.3) is 6.08 Å². The van der Waals surface area contributed by atoms with Gasteiger partial charge in [-0.15, -0.1) is 0 Å². The highest BCUT2D eigenvalue weighted by atomic mass is 32.2. The molecule has 0 spiro atoms. The van der Waals surface area contributed by atoms with Gasteiger partial charge < -0.3 is 4.90 Å². The number of para-hydroxylation sites is 1. The van der Waals surface area contributed by atoms with Crippen LogP contribution < -0.4 is 4.90 Å². The third-order valence-electron chi connectivity index (χ3n) is 5.05. The normalized spacial score (nSPS) is 12.1. The largest absolute Gasteiger partial charge is 0.340 e. The van der Waals surface area contributed by atoms with Gasteiger partial charge in [0.15, 0.2) is 11.6 Å². The Morgan fingerprint density at radius 2 is 1.55 bits per heavy atom. The third-order valence-corrected chi connectivity index (χ3v) is 6.18. The predicted molar refractivity (Wildman–Crippen MR) is 119 cm³/mol. The quantitative estimate of drug-likeness (QED) is 0.355. The number of benzene rings is 3. The van der Waals surface area contributed by atoms with Crippen molar-refractivity contribution in [2.75, 3.05) is 11.4 Å². The van der Waals surface area contributed by atoms with Crippen molar-refractivity contribution < 1.29 is 9.59 Å². The molecule has 0 amide bonds. The molecule has 0 radical (unpaired) electrons. The first kappa shape index (κ1) is 19.2. The average molecular weight is 400 g/mol. The van der Waals surface area contributed by atoms with Crippen molar-refractivity contribution in [3.63, 3.8) is 0 Å². The molecule has 0 aromatic heterocycles. The first-order chi connectivity index (χ1) is 14.1. The van der Waals surface area contributed by atoms with E-state index in [1.54, 1.807) is 30.0 Å². The molecule has 0 unspecified atom stereocenters. The number of Topliss-reactive ketones (excluding diaryl/α,β-unsaturated/α-hetero) is 2. The lowest BCUT2D eigenvalue weighted by molar-refractivity contribution is 0.0894. The van der Waals surface area contributed by atoms with Gasteiger partial charge in [-0.2, -0.15) is 0 Å². The highest BCUT2D eigenvalue weighted by molar-refractivity contribution is 7.99. The van der Waals surface area contributed by atoms with Crippen molar-refractivity contribution in [2.45, 2.75) is 23.1 Å². The molecule has 1 aliphatic heterocycles. The van der Waals surface area contributed by atoms with Gasteiger partial charge in [-0.1, -0.05) is 66.9 Å². The van der Waals surface area contributed by atoms with Crippen LogP contribution in [0.3, 0.4) is 0 Å².